The summed E-state index contributed by atoms with van der Waals surface area (Å²) in [6, 6.07) is 1.73. The molecular formula is C11H14ClNO2. The molecule has 0 aromatic heterocycles. The summed E-state index contributed by atoms with van der Waals surface area (Å²) in [5.74, 6) is 0.337. The SMILES string of the molecule is COc1cc(C)c(/C=C/CN)c(Cl)c1O. The molecule has 0 fully saturated rings. The molecule has 0 saturated carbocycles. The number of hydrogen-bond acceptors (Lipinski definition) is 3. The van der Waals surface area contributed by atoms with Crippen LogP contribution in [0.1, 0.15) is 11.1 Å². The number of hydrogen-bond donors (Lipinski definition) is 2. The van der Waals surface area contributed by atoms with Gasteiger partial charge >= 0.3 is 0 Å². The summed E-state index contributed by atoms with van der Waals surface area (Å²) in [7, 11) is 1.49. The van der Waals surface area contributed by atoms with E-state index in [0.29, 0.717) is 12.3 Å². The molecule has 3 N–H and O–H groups in total. The van der Waals surface area contributed by atoms with Crippen molar-refractivity contribution in [3.63, 3.8) is 0 Å². The average molecular weight is 228 g/mol. The first-order chi connectivity index (χ1) is 7.11. The van der Waals surface area contributed by atoms with Gasteiger partial charge in [-0.1, -0.05) is 23.8 Å². The standard InChI is InChI=1S/C11H14ClNO2/c1-7-6-9(15-2)11(14)10(12)8(7)4-3-5-13/h3-4,6,14H,5,13H2,1-2H3/b4-3+. The highest BCUT2D eigenvalue weighted by atomic mass is 35.5. The van der Waals surface area contributed by atoms with E-state index in [9.17, 15) is 5.11 Å². The van der Waals surface area contributed by atoms with Crippen LogP contribution in [0, 0.1) is 6.92 Å². The van der Waals surface area contributed by atoms with Gasteiger partial charge in [-0.15, -0.1) is 0 Å². The largest absolute Gasteiger partial charge is 0.503 e. The molecule has 0 atom stereocenters. The van der Waals surface area contributed by atoms with E-state index in [-0.39, 0.29) is 10.8 Å². The highest BCUT2D eigenvalue weighted by Gasteiger charge is 2.12. The van der Waals surface area contributed by atoms with Gasteiger partial charge in [-0.2, -0.15) is 0 Å². The third kappa shape index (κ3) is 2.43. The number of ether oxygens (including phenoxy) is 1. The van der Waals surface area contributed by atoms with Gasteiger partial charge in [0.15, 0.2) is 11.5 Å². The predicted molar refractivity (Wildman–Crippen MR) is 62.5 cm³/mol. The van der Waals surface area contributed by atoms with Crippen LogP contribution in [0.5, 0.6) is 11.5 Å². The number of aromatic hydroxyl groups is 1. The fraction of sp³-hybridized carbons (Fsp3) is 0.273. The minimum absolute atomic E-state index is 0.0403. The topological polar surface area (TPSA) is 55.5 Å². The Bertz CT molecular complexity index is 389. The predicted octanol–water partition coefficient (Wildman–Crippen LogP) is 2.33. The summed E-state index contributed by atoms with van der Waals surface area (Å²) >= 11 is 6.00. The first kappa shape index (κ1) is 11.9. The highest BCUT2D eigenvalue weighted by Crippen LogP contribution is 2.38. The van der Waals surface area contributed by atoms with E-state index in [1.54, 1.807) is 18.2 Å². The van der Waals surface area contributed by atoms with E-state index in [1.165, 1.54) is 7.11 Å². The number of halogens is 1. The second kappa shape index (κ2) is 5.05. The summed E-state index contributed by atoms with van der Waals surface area (Å²) < 4.78 is 4.98. The van der Waals surface area contributed by atoms with Gasteiger partial charge in [0, 0.05) is 6.54 Å². The maximum Gasteiger partial charge on any atom is 0.177 e. The molecule has 0 heterocycles. The molecule has 3 nitrogen and oxygen atoms in total. The van der Waals surface area contributed by atoms with Crippen molar-refractivity contribution in [3.8, 4) is 11.5 Å². The lowest BCUT2D eigenvalue weighted by molar-refractivity contribution is 0.373. The molecular weight excluding hydrogens is 214 g/mol. The zero-order valence-corrected chi connectivity index (χ0v) is 9.51. The normalized spacial score (nSPS) is 10.9. The van der Waals surface area contributed by atoms with E-state index in [4.69, 9.17) is 22.1 Å². The van der Waals surface area contributed by atoms with Crippen molar-refractivity contribution in [3.05, 3.63) is 28.3 Å². The van der Waals surface area contributed by atoms with Crippen molar-refractivity contribution < 1.29 is 9.84 Å². The monoisotopic (exact) mass is 227 g/mol. The van der Waals surface area contributed by atoms with Crippen molar-refractivity contribution in [1.82, 2.24) is 0 Å². The Hall–Kier alpha value is -1.19. The molecule has 0 aliphatic rings. The van der Waals surface area contributed by atoms with Crippen LogP contribution in [0.3, 0.4) is 0 Å². The smallest absolute Gasteiger partial charge is 0.177 e. The molecule has 1 aromatic carbocycles. The lowest BCUT2D eigenvalue weighted by Gasteiger charge is -2.10. The first-order valence-corrected chi connectivity index (χ1v) is 4.92. The van der Waals surface area contributed by atoms with Crippen LogP contribution in [0.25, 0.3) is 6.08 Å². The summed E-state index contributed by atoms with van der Waals surface area (Å²) in [5, 5.41) is 9.97. The van der Waals surface area contributed by atoms with Crippen molar-refractivity contribution in [2.24, 2.45) is 5.73 Å². The lowest BCUT2D eigenvalue weighted by Crippen LogP contribution is -1.94. The van der Waals surface area contributed by atoms with Gasteiger partial charge in [0.05, 0.1) is 12.1 Å². The molecule has 0 bridgehead atoms. The molecule has 0 radical (unpaired) electrons. The number of nitrogens with two attached hydrogens (primary N) is 1. The van der Waals surface area contributed by atoms with Gasteiger partial charge in [0.1, 0.15) is 0 Å². The zero-order chi connectivity index (χ0) is 11.4. The van der Waals surface area contributed by atoms with Gasteiger partial charge in [0.2, 0.25) is 0 Å². The molecule has 0 aliphatic heterocycles. The molecule has 1 rings (SSSR count). The van der Waals surface area contributed by atoms with Gasteiger partial charge in [-0.05, 0) is 24.1 Å². The van der Waals surface area contributed by atoms with Gasteiger partial charge in [-0.3, -0.25) is 0 Å². The Labute approximate surface area is 94.1 Å². The van der Waals surface area contributed by atoms with Crippen LogP contribution in [0.4, 0.5) is 0 Å². The Balaban J connectivity index is 3.29. The second-order valence-corrected chi connectivity index (χ2v) is 3.49. The Morgan fingerprint density at radius 1 is 1.60 bits per heavy atom. The second-order valence-electron chi connectivity index (χ2n) is 3.11. The molecule has 4 heteroatoms. The van der Waals surface area contributed by atoms with E-state index in [1.807, 2.05) is 6.92 Å². The number of aryl methyl sites for hydroxylation is 1. The number of benzene rings is 1. The molecule has 0 spiro atoms. The maximum absolute atomic E-state index is 9.68. The summed E-state index contributed by atoms with van der Waals surface area (Å²) in [5.41, 5.74) is 7.05. The minimum atomic E-state index is -0.0403. The first-order valence-electron chi connectivity index (χ1n) is 4.54. The van der Waals surface area contributed by atoms with Crippen molar-refractivity contribution >= 4 is 17.7 Å². The third-order valence-electron chi connectivity index (χ3n) is 2.09. The van der Waals surface area contributed by atoms with E-state index < -0.39 is 0 Å². The quantitative estimate of drug-likeness (QED) is 0.834. The zero-order valence-electron chi connectivity index (χ0n) is 8.75. The van der Waals surface area contributed by atoms with Crippen LogP contribution in [-0.4, -0.2) is 18.8 Å². The molecule has 0 aliphatic carbocycles. The summed E-state index contributed by atoms with van der Waals surface area (Å²) in [6.45, 7) is 2.33. The molecule has 0 unspecified atom stereocenters. The van der Waals surface area contributed by atoms with E-state index >= 15 is 0 Å². The minimum Gasteiger partial charge on any atom is -0.503 e. The van der Waals surface area contributed by atoms with Crippen LogP contribution in [-0.2, 0) is 0 Å². The maximum atomic E-state index is 9.68. The molecule has 0 amide bonds. The fourth-order valence-electron chi connectivity index (χ4n) is 1.30. The van der Waals surface area contributed by atoms with Gasteiger partial charge in [-0.25, -0.2) is 0 Å². The van der Waals surface area contributed by atoms with Crippen molar-refractivity contribution in [1.29, 1.82) is 0 Å². The van der Waals surface area contributed by atoms with Crippen molar-refractivity contribution in [2.75, 3.05) is 13.7 Å². The van der Waals surface area contributed by atoms with Crippen molar-refractivity contribution in [2.45, 2.75) is 6.92 Å². The lowest BCUT2D eigenvalue weighted by atomic mass is 10.1. The summed E-state index contributed by atoms with van der Waals surface area (Å²) in [4.78, 5) is 0. The average Bonchev–Trinajstić information content (AvgIpc) is 2.23. The Kier molecular flexibility index (Phi) is 4.00. The third-order valence-corrected chi connectivity index (χ3v) is 2.47. The van der Waals surface area contributed by atoms with Crippen LogP contribution < -0.4 is 10.5 Å². The number of methoxy groups -OCH3 is 1. The molecule has 0 saturated heterocycles. The van der Waals surface area contributed by atoms with Gasteiger partial charge < -0.3 is 15.6 Å². The number of rotatable bonds is 3. The van der Waals surface area contributed by atoms with Crippen LogP contribution >= 0.6 is 11.6 Å². The number of phenolic OH excluding ortho intramolecular Hbond substituents is 1. The van der Waals surface area contributed by atoms with E-state index in [0.717, 1.165) is 11.1 Å². The Morgan fingerprint density at radius 3 is 2.80 bits per heavy atom. The molecule has 15 heavy (non-hydrogen) atoms. The fourth-order valence-corrected chi connectivity index (χ4v) is 1.60. The summed E-state index contributed by atoms with van der Waals surface area (Å²) in [6.07, 6.45) is 3.57. The van der Waals surface area contributed by atoms with Crippen LogP contribution in [0.15, 0.2) is 12.1 Å². The molecule has 1 aromatic rings. The van der Waals surface area contributed by atoms with Gasteiger partial charge in [0.25, 0.3) is 0 Å². The molecule has 82 valence electrons. The Morgan fingerprint density at radius 2 is 2.27 bits per heavy atom. The number of phenols is 1. The van der Waals surface area contributed by atoms with Crippen LogP contribution in [0.2, 0.25) is 5.02 Å². The highest BCUT2D eigenvalue weighted by molar-refractivity contribution is 6.33. The van der Waals surface area contributed by atoms with E-state index in [2.05, 4.69) is 0 Å².